The zero-order chi connectivity index (χ0) is 16.9. The second-order valence-corrected chi connectivity index (χ2v) is 6.00. The van der Waals surface area contributed by atoms with Gasteiger partial charge in [-0.2, -0.15) is 0 Å². The summed E-state index contributed by atoms with van der Waals surface area (Å²) in [7, 11) is 0. The zero-order valence-electron chi connectivity index (χ0n) is 13.3. The maximum atomic E-state index is 12.1. The minimum Gasteiger partial charge on any atom is -0.454 e. The number of hydrogen-bond acceptors (Lipinski definition) is 6. The van der Waals surface area contributed by atoms with Gasteiger partial charge in [-0.3, -0.25) is 4.79 Å². The highest BCUT2D eigenvalue weighted by molar-refractivity contribution is 7.99. The Balaban J connectivity index is 1.60. The fraction of sp³-hybridized carbons (Fsp3) is 0.312. The molecule has 1 aromatic carbocycles. The molecule has 7 nitrogen and oxygen atoms in total. The SMILES string of the molecule is C=CCn1c(CC)nnc1SCC(=O)Nc1ccc2c(c1)OCO2. The molecule has 2 heterocycles. The van der Waals surface area contributed by atoms with E-state index in [2.05, 4.69) is 22.1 Å². The number of thioether (sulfide) groups is 1. The van der Waals surface area contributed by atoms with Crippen molar-refractivity contribution in [2.45, 2.75) is 25.0 Å². The monoisotopic (exact) mass is 346 g/mol. The first kappa shape index (κ1) is 16.4. The number of carbonyl (C=O) groups excluding carboxylic acids is 1. The van der Waals surface area contributed by atoms with E-state index in [-0.39, 0.29) is 18.5 Å². The molecule has 0 spiro atoms. The van der Waals surface area contributed by atoms with E-state index in [4.69, 9.17) is 9.47 Å². The van der Waals surface area contributed by atoms with Gasteiger partial charge >= 0.3 is 0 Å². The van der Waals surface area contributed by atoms with Crippen LogP contribution in [0.1, 0.15) is 12.7 Å². The molecule has 24 heavy (non-hydrogen) atoms. The van der Waals surface area contributed by atoms with Crippen molar-refractivity contribution >= 4 is 23.4 Å². The van der Waals surface area contributed by atoms with Crippen LogP contribution < -0.4 is 14.8 Å². The molecule has 0 radical (unpaired) electrons. The van der Waals surface area contributed by atoms with Crippen molar-refractivity contribution < 1.29 is 14.3 Å². The lowest BCUT2D eigenvalue weighted by atomic mass is 10.3. The molecule has 0 saturated heterocycles. The van der Waals surface area contributed by atoms with E-state index in [1.165, 1.54) is 11.8 Å². The topological polar surface area (TPSA) is 78.3 Å². The van der Waals surface area contributed by atoms with Crippen LogP contribution in [0.5, 0.6) is 11.5 Å². The third-order valence-electron chi connectivity index (χ3n) is 3.41. The average Bonchev–Trinajstić information content (AvgIpc) is 3.19. The van der Waals surface area contributed by atoms with E-state index in [1.54, 1.807) is 24.3 Å². The largest absolute Gasteiger partial charge is 0.454 e. The molecule has 0 fully saturated rings. The fourth-order valence-electron chi connectivity index (χ4n) is 2.30. The van der Waals surface area contributed by atoms with Crippen molar-refractivity contribution in [1.82, 2.24) is 14.8 Å². The Morgan fingerprint density at radius 2 is 2.25 bits per heavy atom. The van der Waals surface area contributed by atoms with Gasteiger partial charge in [0.05, 0.1) is 5.75 Å². The number of amides is 1. The number of aromatic nitrogens is 3. The lowest BCUT2D eigenvalue weighted by Gasteiger charge is -2.07. The van der Waals surface area contributed by atoms with E-state index in [9.17, 15) is 4.79 Å². The normalized spacial score (nSPS) is 12.2. The van der Waals surface area contributed by atoms with E-state index in [0.29, 0.717) is 28.9 Å². The third kappa shape index (κ3) is 3.53. The van der Waals surface area contributed by atoms with Crippen LogP contribution >= 0.6 is 11.8 Å². The Morgan fingerprint density at radius 3 is 3.04 bits per heavy atom. The summed E-state index contributed by atoms with van der Waals surface area (Å²) >= 11 is 1.35. The highest BCUT2D eigenvalue weighted by Crippen LogP contribution is 2.34. The van der Waals surface area contributed by atoms with Crippen molar-refractivity contribution in [3.05, 3.63) is 36.7 Å². The lowest BCUT2D eigenvalue weighted by Crippen LogP contribution is -2.14. The predicted molar refractivity (Wildman–Crippen MR) is 91.5 cm³/mol. The van der Waals surface area contributed by atoms with Crippen LogP contribution in [0, 0.1) is 0 Å². The molecule has 0 aliphatic carbocycles. The van der Waals surface area contributed by atoms with Crippen molar-refractivity contribution in [1.29, 1.82) is 0 Å². The van der Waals surface area contributed by atoms with Gasteiger partial charge in [-0.15, -0.1) is 16.8 Å². The predicted octanol–water partition coefficient (Wildman–Crippen LogP) is 2.49. The third-order valence-corrected chi connectivity index (χ3v) is 4.38. The second-order valence-electron chi connectivity index (χ2n) is 5.06. The molecule has 1 amide bonds. The van der Waals surface area contributed by atoms with Crippen LogP contribution in [-0.4, -0.2) is 33.2 Å². The summed E-state index contributed by atoms with van der Waals surface area (Å²) in [6.07, 6.45) is 2.57. The summed E-state index contributed by atoms with van der Waals surface area (Å²) in [6.45, 7) is 6.60. The molecule has 1 aliphatic heterocycles. The Labute approximate surface area is 144 Å². The summed E-state index contributed by atoms with van der Waals surface area (Å²) in [5.41, 5.74) is 0.673. The van der Waals surface area contributed by atoms with Crippen LogP contribution in [0.2, 0.25) is 0 Å². The number of nitrogens with zero attached hydrogens (tertiary/aromatic N) is 3. The Bertz CT molecular complexity index is 760. The fourth-order valence-corrected chi connectivity index (χ4v) is 3.07. The number of aryl methyl sites for hydroxylation is 1. The summed E-state index contributed by atoms with van der Waals surface area (Å²) < 4.78 is 12.5. The quantitative estimate of drug-likeness (QED) is 0.613. The molecule has 3 rings (SSSR count). The van der Waals surface area contributed by atoms with E-state index >= 15 is 0 Å². The highest BCUT2D eigenvalue weighted by atomic mass is 32.2. The van der Waals surface area contributed by atoms with Crippen LogP contribution in [0.25, 0.3) is 0 Å². The van der Waals surface area contributed by atoms with E-state index in [1.807, 2.05) is 11.5 Å². The smallest absolute Gasteiger partial charge is 0.234 e. The maximum absolute atomic E-state index is 12.1. The molecule has 0 unspecified atom stereocenters. The molecule has 1 aromatic heterocycles. The number of fused-ring (bicyclic) bond motifs is 1. The zero-order valence-corrected chi connectivity index (χ0v) is 14.1. The van der Waals surface area contributed by atoms with Gasteiger partial charge in [-0.25, -0.2) is 0 Å². The highest BCUT2D eigenvalue weighted by Gasteiger charge is 2.15. The number of ether oxygens (including phenoxy) is 2. The Kier molecular flexibility index (Phi) is 5.05. The van der Waals surface area contributed by atoms with Gasteiger partial charge in [-0.1, -0.05) is 24.8 Å². The number of anilines is 1. The number of benzene rings is 1. The van der Waals surface area contributed by atoms with Gasteiger partial charge in [0.2, 0.25) is 12.7 Å². The molecular formula is C16H18N4O3S. The number of allylic oxidation sites excluding steroid dienone is 1. The number of rotatable bonds is 7. The summed E-state index contributed by atoms with van der Waals surface area (Å²) in [5, 5.41) is 11.8. The van der Waals surface area contributed by atoms with Gasteiger partial charge in [0.15, 0.2) is 16.7 Å². The summed E-state index contributed by atoms with van der Waals surface area (Å²) in [5.74, 6) is 2.33. The Morgan fingerprint density at radius 1 is 1.42 bits per heavy atom. The molecule has 0 saturated carbocycles. The molecule has 0 bridgehead atoms. The first-order chi connectivity index (χ1) is 11.7. The van der Waals surface area contributed by atoms with Crippen LogP contribution in [0.4, 0.5) is 5.69 Å². The molecular weight excluding hydrogens is 328 g/mol. The molecule has 0 atom stereocenters. The average molecular weight is 346 g/mol. The number of carbonyl (C=O) groups is 1. The van der Waals surface area contributed by atoms with Crippen LogP contribution in [0.3, 0.4) is 0 Å². The maximum Gasteiger partial charge on any atom is 0.234 e. The number of hydrogen-bond donors (Lipinski definition) is 1. The first-order valence-electron chi connectivity index (χ1n) is 7.56. The molecule has 1 aliphatic rings. The van der Waals surface area contributed by atoms with Crippen molar-refractivity contribution in [2.75, 3.05) is 17.9 Å². The van der Waals surface area contributed by atoms with Crippen LogP contribution in [0.15, 0.2) is 36.0 Å². The molecule has 8 heteroatoms. The van der Waals surface area contributed by atoms with Gasteiger partial charge in [-0.05, 0) is 12.1 Å². The number of nitrogens with one attached hydrogen (secondary N) is 1. The summed E-state index contributed by atoms with van der Waals surface area (Å²) in [6, 6.07) is 5.31. The van der Waals surface area contributed by atoms with Gasteiger partial charge in [0.25, 0.3) is 0 Å². The van der Waals surface area contributed by atoms with Crippen molar-refractivity contribution in [2.24, 2.45) is 0 Å². The van der Waals surface area contributed by atoms with Gasteiger partial charge in [0, 0.05) is 24.7 Å². The molecule has 1 N–H and O–H groups in total. The van der Waals surface area contributed by atoms with Crippen molar-refractivity contribution in [3.8, 4) is 11.5 Å². The summed E-state index contributed by atoms with van der Waals surface area (Å²) in [4.78, 5) is 12.1. The first-order valence-corrected chi connectivity index (χ1v) is 8.55. The lowest BCUT2D eigenvalue weighted by molar-refractivity contribution is -0.113. The van der Waals surface area contributed by atoms with Crippen LogP contribution in [-0.2, 0) is 17.8 Å². The minimum absolute atomic E-state index is 0.120. The molecule has 126 valence electrons. The van der Waals surface area contributed by atoms with Gasteiger partial charge < -0.3 is 19.4 Å². The van der Waals surface area contributed by atoms with Gasteiger partial charge in [0.1, 0.15) is 5.82 Å². The van der Waals surface area contributed by atoms with E-state index < -0.39 is 0 Å². The van der Waals surface area contributed by atoms with E-state index in [0.717, 1.165) is 12.2 Å². The van der Waals surface area contributed by atoms with Crippen molar-refractivity contribution in [3.63, 3.8) is 0 Å². The molecule has 2 aromatic rings. The standard InChI is InChI=1S/C16H18N4O3S/c1-3-7-20-14(4-2)18-19-16(20)24-9-15(21)17-11-5-6-12-13(8-11)23-10-22-12/h3,5-6,8H,1,4,7,9-10H2,2H3,(H,17,21). The Hall–Kier alpha value is -2.48. The second kappa shape index (κ2) is 7.39. The minimum atomic E-state index is -0.120.